The standard InChI is InChI=1S/C30H22N2O2/c1-18(16-23-12-8-19-6-10-21-4-2-14-31-27(21)25(19)29(23)33)17-24-13-9-20-7-11-22-5-3-15-32-28(22)26(20)30(24)34/h2-15,31-32H,1,16-17H2. The third-order valence-electron chi connectivity index (χ3n) is 6.59. The maximum absolute atomic E-state index is 13.4. The number of allylic oxidation sites excluding steroid dienone is 1. The monoisotopic (exact) mass is 442 g/mol. The largest absolute Gasteiger partial charge is 0.361 e. The van der Waals surface area contributed by atoms with Crippen LogP contribution < -0.4 is 10.9 Å². The number of hydrogen-bond donors (Lipinski definition) is 2. The molecular formula is C30H22N2O2. The first-order valence-corrected chi connectivity index (χ1v) is 11.3. The van der Waals surface area contributed by atoms with E-state index in [-0.39, 0.29) is 10.9 Å². The van der Waals surface area contributed by atoms with E-state index >= 15 is 0 Å². The summed E-state index contributed by atoms with van der Waals surface area (Å²) in [6.07, 6.45) is 4.53. The van der Waals surface area contributed by atoms with Crippen LogP contribution in [0.2, 0.25) is 0 Å². The molecule has 0 bridgehead atoms. The molecule has 0 unspecified atom stereocenters. The number of pyridine rings is 2. The quantitative estimate of drug-likeness (QED) is 0.259. The molecule has 34 heavy (non-hydrogen) atoms. The number of aromatic amines is 2. The van der Waals surface area contributed by atoms with Gasteiger partial charge in [0.25, 0.3) is 0 Å². The van der Waals surface area contributed by atoms with Gasteiger partial charge in [-0.2, -0.15) is 0 Å². The molecule has 0 radical (unpaired) electrons. The van der Waals surface area contributed by atoms with Crippen LogP contribution in [0.25, 0.3) is 43.4 Å². The van der Waals surface area contributed by atoms with E-state index in [1.807, 2.05) is 85.2 Å². The van der Waals surface area contributed by atoms with Gasteiger partial charge in [-0.15, -0.1) is 0 Å². The van der Waals surface area contributed by atoms with Crippen molar-refractivity contribution in [3.63, 3.8) is 0 Å². The second kappa shape index (κ2) is 7.85. The fourth-order valence-corrected chi connectivity index (χ4v) is 4.92. The van der Waals surface area contributed by atoms with E-state index in [4.69, 9.17) is 0 Å². The highest BCUT2D eigenvalue weighted by Gasteiger charge is 2.13. The summed E-state index contributed by atoms with van der Waals surface area (Å²) in [5.41, 5.74) is 3.92. The zero-order valence-electron chi connectivity index (χ0n) is 18.5. The molecule has 164 valence electrons. The Bertz CT molecular complexity index is 1740. The Morgan fingerprint density at radius 1 is 0.588 bits per heavy atom. The molecule has 0 amide bonds. The van der Waals surface area contributed by atoms with Gasteiger partial charge in [0.05, 0.1) is 21.8 Å². The third-order valence-corrected chi connectivity index (χ3v) is 6.59. The molecule has 4 heteroatoms. The minimum absolute atomic E-state index is 0.00755. The van der Waals surface area contributed by atoms with Gasteiger partial charge in [-0.05, 0) is 46.5 Å². The molecule has 0 aliphatic rings. The third kappa shape index (κ3) is 3.23. The van der Waals surface area contributed by atoms with Gasteiger partial charge >= 0.3 is 0 Å². The Morgan fingerprint density at radius 2 is 1.00 bits per heavy atom. The average Bonchev–Trinajstić information content (AvgIpc) is 2.87. The summed E-state index contributed by atoms with van der Waals surface area (Å²) >= 11 is 0. The molecule has 6 aromatic rings. The van der Waals surface area contributed by atoms with Crippen LogP contribution in [0.15, 0.2) is 107 Å². The molecular weight excluding hydrogens is 420 g/mol. The molecule has 0 atom stereocenters. The molecule has 0 saturated heterocycles. The van der Waals surface area contributed by atoms with E-state index in [2.05, 4.69) is 16.5 Å². The summed E-state index contributed by atoms with van der Waals surface area (Å²) in [6.45, 7) is 4.22. The number of H-pyrrole nitrogens is 2. The Hall–Kier alpha value is -4.44. The van der Waals surface area contributed by atoms with Crippen LogP contribution in [0, 0.1) is 0 Å². The molecule has 6 rings (SSSR count). The van der Waals surface area contributed by atoms with Gasteiger partial charge in [-0.25, -0.2) is 0 Å². The lowest BCUT2D eigenvalue weighted by molar-refractivity contribution is 1.03. The SMILES string of the molecule is C=C(Cc1ccc2ccc3ccc[nH]c3c2c1=O)Cc1ccc2ccc3ccc[nH]c3c2c1=O. The minimum atomic E-state index is 0.00755. The number of aromatic nitrogens is 2. The molecule has 4 aromatic carbocycles. The van der Waals surface area contributed by atoms with Crippen molar-refractivity contribution >= 4 is 43.4 Å². The van der Waals surface area contributed by atoms with E-state index in [1.165, 1.54) is 0 Å². The normalized spacial score (nSPS) is 11.5. The van der Waals surface area contributed by atoms with Gasteiger partial charge in [0, 0.05) is 23.5 Å². The highest BCUT2D eigenvalue weighted by atomic mass is 16.1. The first-order chi connectivity index (χ1) is 16.6. The van der Waals surface area contributed by atoms with Crippen LogP contribution in [-0.4, -0.2) is 9.97 Å². The second-order valence-electron chi connectivity index (χ2n) is 8.81. The van der Waals surface area contributed by atoms with E-state index in [1.54, 1.807) is 0 Å². The first-order valence-electron chi connectivity index (χ1n) is 11.3. The Morgan fingerprint density at radius 3 is 1.47 bits per heavy atom. The van der Waals surface area contributed by atoms with Crippen LogP contribution in [0.4, 0.5) is 0 Å². The maximum atomic E-state index is 13.4. The summed E-state index contributed by atoms with van der Waals surface area (Å²) in [7, 11) is 0. The van der Waals surface area contributed by atoms with Crippen molar-refractivity contribution in [1.82, 2.24) is 9.97 Å². The zero-order valence-corrected chi connectivity index (χ0v) is 18.5. The number of rotatable bonds is 4. The van der Waals surface area contributed by atoms with Crippen LogP contribution in [0.1, 0.15) is 11.1 Å². The smallest absolute Gasteiger partial charge is 0.192 e. The van der Waals surface area contributed by atoms with Gasteiger partial charge in [-0.1, -0.05) is 72.8 Å². The van der Waals surface area contributed by atoms with E-state index in [0.29, 0.717) is 34.7 Å². The van der Waals surface area contributed by atoms with Crippen LogP contribution in [-0.2, 0) is 12.8 Å². The Kier molecular flexibility index (Phi) is 4.66. The van der Waals surface area contributed by atoms with Crippen molar-refractivity contribution in [3.8, 4) is 0 Å². The van der Waals surface area contributed by atoms with Crippen molar-refractivity contribution in [3.05, 3.63) is 129 Å². The number of hydrogen-bond acceptors (Lipinski definition) is 2. The second-order valence-corrected chi connectivity index (χ2v) is 8.81. The highest BCUT2D eigenvalue weighted by molar-refractivity contribution is 6.06. The zero-order chi connectivity index (χ0) is 23.2. The Labute approximate surface area is 195 Å². The summed E-state index contributed by atoms with van der Waals surface area (Å²) in [4.78, 5) is 33.2. The number of fused-ring (bicyclic) bond motifs is 6. The molecule has 4 nitrogen and oxygen atoms in total. The Balaban J connectivity index is 1.38. The van der Waals surface area contributed by atoms with Crippen molar-refractivity contribution < 1.29 is 0 Å². The van der Waals surface area contributed by atoms with E-state index in [9.17, 15) is 9.59 Å². The van der Waals surface area contributed by atoms with Crippen LogP contribution in [0.5, 0.6) is 0 Å². The molecule has 0 aliphatic heterocycles. The van der Waals surface area contributed by atoms with Gasteiger partial charge in [0.1, 0.15) is 0 Å². The van der Waals surface area contributed by atoms with Crippen LogP contribution in [0.3, 0.4) is 0 Å². The lowest BCUT2D eigenvalue weighted by Gasteiger charge is -2.10. The number of benzene rings is 4. The lowest BCUT2D eigenvalue weighted by Crippen LogP contribution is -2.14. The first kappa shape index (κ1) is 20.2. The van der Waals surface area contributed by atoms with Crippen molar-refractivity contribution in [2.75, 3.05) is 0 Å². The predicted molar refractivity (Wildman–Crippen MR) is 141 cm³/mol. The minimum Gasteiger partial charge on any atom is -0.361 e. The number of nitrogens with one attached hydrogen (secondary N) is 2. The summed E-state index contributed by atoms with van der Waals surface area (Å²) in [5.74, 6) is 0. The highest BCUT2D eigenvalue weighted by Crippen LogP contribution is 2.24. The van der Waals surface area contributed by atoms with E-state index in [0.717, 1.165) is 38.2 Å². The summed E-state index contributed by atoms with van der Waals surface area (Å²) < 4.78 is 0. The van der Waals surface area contributed by atoms with Gasteiger partial charge in [0.2, 0.25) is 0 Å². The molecule has 0 aliphatic carbocycles. The van der Waals surface area contributed by atoms with Gasteiger partial charge in [-0.3, -0.25) is 9.59 Å². The maximum Gasteiger partial charge on any atom is 0.192 e. The summed E-state index contributed by atoms with van der Waals surface area (Å²) in [6, 6.07) is 23.6. The van der Waals surface area contributed by atoms with Crippen molar-refractivity contribution in [1.29, 1.82) is 0 Å². The van der Waals surface area contributed by atoms with E-state index < -0.39 is 0 Å². The average molecular weight is 443 g/mol. The van der Waals surface area contributed by atoms with Crippen molar-refractivity contribution in [2.24, 2.45) is 0 Å². The summed E-state index contributed by atoms with van der Waals surface area (Å²) in [5, 5.41) is 5.21. The van der Waals surface area contributed by atoms with Crippen LogP contribution >= 0.6 is 0 Å². The van der Waals surface area contributed by atoms with Gasteiger partial charge < -0.3 is 9.97 Å². The molecule has 2 N–H and O–H groups in total. The molecule has 0 fully saturated rings. The fraction of sp³-hybridized carbons (Fsp3) is 0.0667. The fourth-order valence-electron chi connectivity index (χ4n) is 4.92. The predicted octanol–water partition coefficient (Wildman–Crippen LogP) is 6.02. The lowest BCUT2D eigenvalue weighted by atomic mass is 9.94. The topological polar surface area (TPSA) is 65.7 Å². The van der Waals surface area contributed by atoms with Gasteiger partial charge in [0.15, 0.2) is 10.9 Å². The van der Waals surface area contributed by atoms with Crippen molar-refractivity contribution in [2.45, 2.75) is 12.8 Å². The molecule has 0 saturated carbocycles. The molecule has 2 heterocycles. The molecule has 2 aromatic heterocycles. The molecule has 0 spiro atoms.